The molecule has 1 unspecified atom stereocenters. The Hall–Kier alpha value is -4.01. The first kappa shape index (κ1) is 24.6. The number of ether oxygens (including phenoxy) is 4. The standard InChI is InChI=1S/C25H28N2O7/c1-15(21-12-20(30-4)10-11-23(21)31-5)26-24(28)14-33-25(29)18-6-8-19(9-7-18)32-13-22-16(2)27-34-17(22)3/h6-12,15H,13-14H2,1-5H3,(H,26,28). The Labute approximate surface area is 197 Å². The molecule has 0 radical (unpaired) electrons. The smallest absolute Gasteiger partial charge is 0.338 e. The molecule has 34 heavy (non-hydrogen) atoms. The monoisotopic (exact) mass is 468 g/mol. The number of hydrogen-bond acceptors (Lipinski definition) is 8. The summed E-state index contributed by atoms with van der Waals surface area (Å²) >= 11 is 0. The average Bonchev–Trinajstić information content (AvgIpc) is 3.17. The first-order valence-electron chi connectivity index (χ1n) is 10.7. The first-order valence-corrected chi connectivity index (χ1v) is 10.7. The number of amides is 1. The van der Waals surface area contributed by atoms with E-state index in [9.17, 15) is 9.59 Å². The Balaban J connectivity index is 1.51. The molecule has 0 fully saturated rings. The number of methoxy groups -OCH3 is 2. The maximum Gasteiger partial charge on any atom is 0.338 e. The zero-order chi connectivity index (χ0) is 24.7. The fraction of sp³-hybridized carbons (Fsp3) is 0.320. The van der Waals surface area contributed by atoms with E-state index in [1.165, 1.54) is 0 Å². The summed E-state index contributed by atoms with van der Waals surface area (Å²) in [6.45, 7) is 5.36. The number of carbonyl (C=O) groups excluding carboxylic acids is 2. The number of nitrogens with one attached hydrogen (secondary N) is 1. The van der Waals surface area contributed by atoms with E-state index in [0.29, 0.717) is 35.2 Å². The molecule has 1 heterocycles. The second-order valence-corrected chi connectivity index (χ2v) is 7.59. The van der Waals surface area contributed by atoms with Crippen molar-refractivity contribution in [2.45, 2.75) is 33.4 Å². The van der Waals surface area contributed by atoms with E-state index in [1.54, 1.807) is 63.6 Å². The molecule has 0 saturated carbocycles. The Morgan fingerprint density at radius 2 is 1.74 bits per heavy atom. The van der Waals surface area contributed by atoms with E-state index in [-0.39, 0.29) is 6.04 Å². The molecule has 9 nitrogen and oxygen atoms in total. The third-order valence-electron chi connectivity index (χ3n) is 5.27. The highest BCUT2D eigenvalue weighted by atomic mass is 16.5. The molecule has 3 rings (SSSR count). The largest absolute Gasteiger partial charge is 0.497 e. The van der Waals surface area contributed by atoms with E-state index < -0.39 is 18.5 Å². The summed E-state index contributed by atoms with van der Waals surface area (Å²) in [5.41, 5.74) is 2.71. The molecule has 180 valence electrons. The number of esters is 1. The summed E-state index contributed by atoms with van der Waals surface area (Å²) in [6, 6.07) is 11.4. The molecule has 1 N–H and O–H groups in total. The van der Waals surface area contributed by atoms with Crippen LogP contribution in [0.2, 0.25) is 0 Å². The molecule has 1 amide bonds. The van der Waals surface area contributed by atoms with Crippen molar-refractivity contribution >= 4 is 11.9 Å². The highest BCUT2D eigenvalue weighted by molar-refractivity contribution is 5.91. The molecule has 0 saturated heterocycles. The van der Waals surface area contributed by atoms with Crippen LogP contribution in [0.4, 0.5) is 0 Å². The topological polar surface area (TPSA) is 109 Å². The van der Waals surface area contributed by atoms with Crippen molar-refractivity contribution < 1.29 is 33.1 Å². The van der Waals surface area contributed by atoms with Crippen LogP contribution >= 0.6 is 0 Å². The van der Waals surface area contributed by atoms with Gasteiger partial charge in [-0.1, -0.05) is 5.16 Å². The van der Waals surface area contributed by atoms with Gasteiger partial charge in [0.05, 0.1) is 37.1 Å². The Kier molecular flexibility index (Phi) is 8.13. The number of rotatable bonds is 10. The number of aryl methyl sites for hydroxylation is 2. The summed E-state index contributed by atoms with van der Waals surface area (Å²) in [5, 5.41) is 6.68. The van der Waals surface area contributed by atoms with E-state index >= 15 is 0 Å². The van der Waals surface area contributed by atoms with Gasteiger partial charge in [0.15, 0.2) is 6.61 Å². The van der Waals surface area contributed by atoms with Crippen LogP contribution in [0.25, 0.3) is 0 Å². The summed E-state index contributed by atoms with van der Waals surface area (Å²) in [4.78, 5) is 24.7. The molecule has 0 aliphatic heterocycles. The minimum Gasteiger partial charge on any atom is -0.497 e. The van der Waals surface area contributed by atoms with Crippen LogP contribution in [-0.2, 0) is 16.1 Å². The maximum atomic E-state index is 12.3. The van der Waals surface area contributed by atoms with Crippen molar-refractivity contribution in [2.75, 3.05) is 20.8 Å². The number of aromatic nitrogens is 1. The molecular weight excluding hydrogens is 440 g/mol. The van der Waals surface area contributed by atoms with Crippen molar-refractivity contribution in [3.8, 4) is 17.2 Å². The lowest BCUT2D eigenvalue weighted by Gasteiger charge is -2.18. The Bertz CT molecular complexity index is 1120. The molecule has 0 aliphatic carbocycles. The van der Waals surface area contributed by atoms with E-state index in [0.717, 1.165) is 16.8 Å². The van der Waals surface area contributed by atoms with Crippen molar-refractivity contribution in [2.24, 2.45) is 0 Å². The third-order valence-corrected chi connectivity index (χ3v) is 5.27. The van der Waals surface area contributed by atoms with E-state index in [1.807, 2.05) is 13.8 Å². The minimum absolute atomic E-state index is 0.306. The van der Waals surface area contributed by atoms with Gasteiger partial charge in [-0.3, -0.25) is 4.79 Å². The third kappa shape index (κ3) is 6.06. The Morgan fingerprint density at radius 3 is 2.35 bits per heavy atom. The van der Waals surface area contributed by atoms with Gasteiger partial charge in [0, 0.05) is 5.56 Å². The predicted molar refractivity (Wildman–Crippen MR) is 123 cm³/mol. The average molecular weight is 469 g/mol. The summed E-state index contributed by atoms with van der Waals surface area (Å²) < 4.78 is 26.6. The van der Waals surface area contributed by atoms with Crippen molar-refractivity contribution in [3.05, 3.63) is 70.6 Å². The quantitative estimate of drug-likeness (QED) is 0.446. The van der Waals surface area contributed by atoms with E-state index in [4.69, 9.17) is 23.5 Å². The lowest BCUT2D eigenvalue weighted by molar-refractivity contribution is -0.124. The van der Waals surface area contributed by atoms with Gasteiger partial charge >= 0.3 is 5.97 Å². The molecule has 1 aromatic heterocycles. The fourth-order valence-electron chi connectivity index (χ4n) is 3.30. The van der Waals surface area contributed by atoms with Gasteiger partial charge in [-0.25, -0.2) is 4.79 Å². The SMILES string of the molecule is COc1ccc(OC)c(C(C)NC(=O)COC(=O)c2ccc(OCc3c(C)noc3C)cc2)c1. The number of nitrogens with zero attached hydrogens (tertiary/aromatic N) is 1. The number of benzene rings is 2. The maximum absolute atomic E-state index is 12.3. The van der Waals surface area contributed by atoms with Crippen LogP contribution in [0.15, 0.2) is 47.0 Å². The second kappa shape index (κ2) is 11.2. The highest BCUT2D eigenvalue weighted by Crippen LogP contribution is 2.29. The predicted octanol–water partition coefficient (Wildman–Crippen LogP) is 3.92. The van der Waals surface area contributed by atoms with Gasteiger partial charge in [0.1, 0.15) is 29.6 Å². The molecule has 0 bridgehead atoms. The normalized spacial score (nSPS) is 11.4. The first-order chi connectivity index (χ1) is 16.3. The van der Waals surface area contributed by atoms with Crippen molar-refractivity contribution in [1.82, 2.24) is 10.5 Å². The summed E-state index contributed by atoms with van der Waals surface area (Å²) in [6.07, 6.45) is 0. The van der Waals surface area contributed by atoms with Crippen LogP contribution in [0.3, 0.4) is 0 Å². The van der Waals surface area contributed by atoms with Crippen molar-refractivity contribution in [1.29, 1.82) is 0 Å². The van der Waals surface area contributed by atoms with Crippen molar-refractivity contribution in [3.63, 3.8) is 0 Å². The number of hydrogen-bond donors (Lipinski definition) is 1. The lowest BCUT2D eigenvalue weighted by Crippen LogP contribution is -2.31. The van der Waals surface area contributed by atoms with Gasteiger partial charge < -0.3 is 28.8 Å². The van der Waals surface area contributed by atoms with Gasteiger partial charge in [-0.05, 0) is 63.2 Å². The molecule has 0 spiro atoms. The molecule has 1 atom stereocenters. The highest BCUT2D eigenvalue weighted by Gasteiger charge is 2.17. The Morgan fingerprint density at radius 1 is 1.03 bits per heavy atom. The van der Waals surface area contributed by atoms with Crippen LogP contribution in [0, 0.1) is 13.8 Å². The van der Waals surface area contributed by atoms with Gasteiger partial charge in [0.2, 0.25) is 0 Å². The van der Waals surface area contributed by atoms with Gasteiger partial charge in [-0.15, -0.1) is 0 Å². The van der Waals surface area contributed by atoms with Crippen LogP contribution in [0.5, 0.6) is 17.2 Å². The minimum atomic E-state index is -0.612. The van der Waals surface area contributed by atoms with Gasteiger partial charge in [-0.2, -0.15) is 0 Å². The molecule has 2 aromatic carbocycles. The van der Waals surface area contributed by atoms with Gasteiger partial charge in [0.25, 0.3) is 5.91 Å². The lowest BCUT2D eigenvalue weighted by atomic mass is 10.1. The molecule has 3 aromatic rings. The number of carbonyl (C=O) groups is 2. The zero-order valence-corrected chi connectivity index (χ0v) is 19.8. The summed E-state index contributed by atoms with van der Waals surface area (Å²) in [5.74, 6) is 1.49. The molecule has 9 heteroatoms. The van der Waals surface area contributed by atoms with Crippen LogP contribution in [0.1, 0.15) is 45.9 Å². The van der Waals surface area contributed by atoms with Crippen LogP contribution < -0.4 is 19.5 Å². The molecule has 0 aliphatic rings. The fourth-order valence-corrected chi connectivity index (χ4v) is 3.30. The second-order valence-electron chi connectivity index (χ2n) is 7.59. The van der Waals surface area contributed by atoms with Crippen LogP contribution in [-0.4, -0.2) is 37.9 Å². The summed E-state index contributed by atoms with van der Waals surface area (Å²) in [7, 11) is 3.11. The van der Waals surface area contributed by atoms with E-state index in [2.05, 4.69) is 10.5 Å². The molecular formula is C25H28N2O7. The zero-order valence-electron chi connectivity index (χ0n) is 19.8.